The number of rotatable bonds is 6. The maximum atomic E-state index is 13.5. The van der Waals surface area contributed by atoms with Gasteiger partial charge in [-0.2, -0.15) is 5.26 Å². The lowest BCUT2D eigenvalue weighted by molar-refractivity contribution is -0.117. The summed E-state index contributed by atoms with van der Waals surface area (Å²) in [6.45, 7) is 2.06. The SMILES string of the molecule is Cc1ccc(N2C(=O)[C@H](Cc3cc(Cl)ccc3Cl)S/C2=C(/C#N)C(=O)NCc2ccco2)cc1. The third kappa shape index (κ3) is 5.15. The number of thioether (sulfide) groups is 1. The van der Waals surface area contributed by atoms with Crippen molar-refractivity contribution in [3.8, 4) is 6.07 Å². The van der Waals surface area contributed by atoms with E-state index in [9.17, 15) is 14.9 Å². The van der Waals surface area contributed by atoms with Crippen LogP contribution in [0, 0.1) is 18.3 Å². The molecule has 0 unspecified atom stereocenters. The molecule has 0 aliphatic carbocycles. The molecule has 1 atom stereocenters. The normalized spacial score (nSPS) is 16.9. The number of aryl methyl sites for hydroxylation is 1. The predicted molar refractivity (Wildman–Crippen MR) is 133 cm³/mol. The summed E-state index contributed by atoms with van der Waals surface area (Å²) in [6.07, 6.45) is 1.79. The molecule has 1 aliphatic rings. The summed E-state index contributed by atoms with van der Waals surface area (Å²) in [5.74, 6) is -0.283. The number of furan rings is 1. The summed E-state index contributed by atoms with van der Waals surface area (Å²) in [5.41, 5.74) is 2.16. The predicted octanol–water partition coefficient (Wildman–Crippen LogP) is 5.64. The molecular formula is C25H19Cl2N3O3S. The van der Waals surface area contributed by atoms with Crippen LogP contribution in [0.3, 0.4) is 0 Å². The van der Waals surface area contributed by atoms with Crippen molar-refractivity contribution in [1.29, 1.82) is 5.26 Å². The summed E-state index contributed by atoms with van der Waals surface area (Å²) in [4.78, 5) is 27.9. The van der Waals surface area contributed by atoms with E-state index >= 15 is 0 Å². The molecule has 6 nitrogen and oxygen atoms in total. The number of carbonyl (C=O) groups is 2. The monoisotopic (exact) mass is 511 g/mol. The lowest BCUT2D eigenvalue weighted by atomic mass is 10.1. The Kier molecular flexibility index (Phi) is 7.32. The molecule has 2 amide bonds. The molecule has 0 radical (unpaired) electrons. The van der Waals surface area contributed by atoms with Gasteiger partial charge in [0.15, 0.2) is 0 Å². The van der Waals surface area contributed by atoms with Crippen molar-refractivity contribution in [2.45, 2.75) is 25.1 Å². The third-order valence-electron chi connectivity index (χ3n) is 5.21. The zero-order chi connectivity index (χ0) is 24.2. The van der Waals surface area contributed by atoms with Gasteiger partial charge in [-0.3, -0.25) is 14.5 Å². The second-order valence-electron chi connectivity index (χ2n) is 7.61. The van der Waals surface area contributed by atoms with Crippen LogP contribution in [-0.2, 0) is 22.6 Å². The lowest BCUT2D eigenvalue weighted by Gasteiger charge is -2.19. The van der Waals surface area contributed by atoms with Crippen LogP contribution in [0.5, 0.6) is 0 Å². The molecule has 9 heteroatoms. The van der Waals surface area contributed by atoms with E-state index in [0.29, 0.717) is 33.5 Å². The van der Waals surface area contributed by atoms with Gasteiger partial charge in [0.1, 0.15) is 22.4 Å². The third-order valence-corrected chi connectivity index (χ3v) is 7.08. The number of amides is 2. The Morgan fingerprint density at radius 1 is 1.21 bits per heavy atom. The van der Waals surface area contributed by atoms with Crippen molar-refractivity contribution in [2.24, 2.45) is 0 Å². The van der Waals surface area contributed by atoms with Gasteiger partial charge in [-0.1, -0.05) is 52.7 Å². The number of nitrogens with zero attached hydrogens (tertiary/aromatic N) is 2. The van der Waals surface area contributed by atoms with Crippen LogP contribution in [-0.4, -0.2) is 17.1 Å². The standard InChI is InChI=1S/C25H19Cl2N3O3S/c1-15-4-7-18(8-5-15)30-24(32)22(12-16-11-17(26)6-9-21(16)27)34-25(30)20(13-28)23(31)29-14-19-3-2-10-33-19/h2-11,22H,12,14H2,1H3,(H,29,31)/b25-20-/t22-/m0/s1. The minimum atomic E-state index is -0.590. The van der Waals surface area contributed by atoms with Gasteiger partial charge in [-0.15, -0.1) is 0 Å². The van der Waals surface area contributed by atoms with Gasteiger partial charge in [0.2, 0.25) is 5.91 Å². The number of halogens is 2. The Bertz CT molecular complexity index is 1300. The molecule has 1 aliphatic heterocycles. The first kappa shape index (κ1) is 24.0. The summed E-state index contributed by atoms with van der Waals surface area (Å²) in [7, 11) is 0. The highest BCUT2D eigenvalue weighted by atomic mass is 35.5. The van der Waals surface area contributed by atoms with Gasteiger partial charge < -0.3 is 9.73 Å². The van der Waals surface area contributed by atoms with Crippen molar-refractivity contribution in [3.63, 3.8) is 0 Å². The fraction of sp³-hybridized carbons (Fsp3) is 0.160. The van der Waals surface area contributed by atoms with Crippen LogP contribution in [0.1, 0.15) is 16.9 Å². The first-order valence-electron chi connectivity index (χ1n) is 10.3. The number of nitrogens with one attached hydrogen (secondary N) is 1. The van der Waals surface area contributed by atoms with Crippen molar-refractivity contribution in [1.82, 2.24) is 5.32 Å². The van der Waals surface area contributed by atoms with Gasteiger partial charge in [0.25, 0.3) is 5.91 Å². The van der Waals surface area contributed by atoms with Crippen molar-refractivity contribution >= 4 is 52.5 Å². The summed E-state index contributed by atoms with van der Waals surface area (Å²) < 4.78 is 5.24. The van der Waals surface area contributed by atoms with E-state index in [1.54, 1.807) is 42.5 Å². The Morgan fingerprint density at radius 2 is 1.97 bits per heavy atom. The minimum Gasteiger partial charge on any atom is -0.467 e. The maximum Gasteiger partial charge on any atom is 0.265 e. The fourth-order valence-corrected chi connectivity index (χ4v) is 5.17. The topological polar surface area (TPSA) is 86.3 Å². The van der Waals surface area contributed by atoms with Gasteiger partial charge in [-0.25, -0.2) is 0 Å². The number of hydrogen-bond acceptors (Lipinski definition) is 5. The number of benzene rings is 2. The first-order valence-corrected chi connectivity index (χ1v) is 12.0. The van der Waals surface area contributed by atoms with Crippen LogP contribution in [0.4, 0.5) is 5.69 Å². The minimum absolute atomic E-state index is 0.120. The average Bonchev–Trinajstić information content (AvgIpc) is 3.45. The van der Waals surface area contributed by atoms with Crippen molar-refractivity contribution < 1.29 is 14.0 Å². The molecule has 1 fully saturated rings. The van der Waals surface area contributed by atoms with Gasteiger partial charge in [0.05, 0.1) is 18.1 Å². The zero-order valence-electron chi connectivity index (χ0n) is 18.0. The zero-order valence-corrected chi connectivity index (χ0v) is 20.4. The Labute approximate surface area is 211 Å². The van der Waals surface area contributed by atoms with E-state index in [-0.39, 0.29) is 23.1 Å². The van der Waals surface area contributed by atoms with Crippen LogP contribution in [0.15, 0.2) is 75.9 Å². The summed E-state index contributed by atoms with van der Waals surface area (Å²) in [5, 5.41) is 13.3. The van der Waals surface area contributed by atoms with Gasteiger partial charge in [0, 0.05) is 15.7 Å². The van der Waals surface area contributed by atoms with E-state index in [0.717, 1.165) is 5.56 Å². The molecule has 2 aromatic carbocycles. The lowest BCUT2D eigenvalue weighted by Crippen LogP contribution is -2.32. The second-order valence-corrected chi connectivity index (χ2v) is 9.64. The van der Waals surface area contributed by atoms with Crippen LogP contribution >= 0.6 is 35.0 Å². The smallest absolute Gasteiger partial charge is 0.265 e. The van der Waals surface area contributed by atoms with Crippen LogP contribution in [0.2, 0.25) is 10.0 Å². The second kappa shape index (κ2) is 10.4. The molecular weight excluding hydrogens is 493 g/mol. The van der Waals surface area contributed by atoms with E-state index in [4.69, 9.17) is 27.6 Å². The fourth-order valence-electron chi connectivity index (χ4n) is 3.48. The molecule has 3 aromatic rings. The molecule has 0 spiro atoms. The number of carbonyl (C=O) groups excluding carboxylic acids is 2. The molecule has 4 rings (SSSR count). The molecule has 1 N–H and O–H groups in total. The number of anilines is 1. The summed E-state index contributed by atoms with van der Waals surface area (Å²) >= 11 is 13.6. The van der Waals surface area contributed by atoms with E-state index in [1.165, 1.54) is 22.9 Å². The average molecular weight is 512 g/mol. The number of hydrogen-bond donors (Lipinski definition) is 1. The maximum absolute atomic E-state index is 13.5. The molecule has 2 heterocycles. The molecule has 0 bridgehead atoms. The van der Waals surface area contributed by atoms with Crippen molar-refractivity contribution in [2.75, 3.05) is 4.90 Å². The Morgan fingerprint density at radius 3 is 2.65 bits per heavy atom. The van der Waals surface area contributed by atoms with Crippen LogP contribution < -0.4 is 10.2 Å². The molecule has 34 heavy (non-hydrogen) atoms. The highest BCUT2D eigenvalue weighted by Crippen LogP contribution is 2.42. The summed E-state index contributed by atoms with van der Waals surface area (Å²) in [6, 6.07) is 17.8. The molecule has 1 saturated heterocycles. The van der Waals surface area contributed by atoms with Gasteiger partial charge >= 0.3 is 0 Å². The largest absolute Gasteiger partial charge is 0.467 e. The Balaban J connectivity index is 1.70. The van der Waals surface area contributed by atoms with E-state index in [1.807, 2.05) is 25.1 Å². The number of nitriles is 1. The molecule has 1 aromatic heterocycles. The van der Waals surface area contributed by atoms with E-state index < -0.39 is 11.2 Å². The van der Waals surface area contributed by atoms with E-state index in [2.05, 4.69) is 5.32 Å². The first-order chi connectivity index (χ1) is 16.4. The van der Waals surface area contributed by atoms with Gasteiger partial charge in [-0.05, 0) is 61.4 Å². The quantitative estimate of drug-likeness (QED) is 0.342. The van der Waals surface area contributed by atoms with Crippen molar-refractivity contribution in [3.05, 3.63) is 98.4 Å². The highest BCUT2D eigenvalue weighted by Gasteiger charge is 2.41. The highest BCUT2D eigenvalue weighted by molar-refractivity contribution is 8.05. The molecule has 172 valence electrons. The van der Waals surface area contributed by atoms with Crippen LogP contribution in [0.25, 0.3) is 0 Å². The molecule has 0 saturated carbocycles. The Hall–Kier alpha value is -3.18.